The lowest BCUT2D eigenvalue weighted by molar-refractivity contribution is -0.659. The zero-order valence-corrected chi connectivity index (χ0v) is 14.1. The normalized spacial score (nSPS) is 11.4. The summed E-state index contributed by atoms with van der Waals surface area (Å²) < 4.78 is 2.24. The van der Waals surface area contributed by atoms with Crippen molar-refractivity contribution in [2.24, 2.45) is 7.05 Å². The lowest BCUT2D eigenvalue weighted by Gasteiger charge is -2.09. The van der Waals surface area contributed by atoms with Crippen molar-refractivity contribution in [1.29, 1.82) is 0 Å². The van der Waals surface area contributed by atoms with Crippen LogP contribution in [0, 0.1) is 0 Å². The first kappa shape index (κ1) is 14.2. The van der Waals surface area contributed by atoms with Gasteiger partial charge in [-0.25, -0.2) is 4.57 Å². The minimum absolute atomic E-state index is 1.25. The number of pyridine rings is 1. The topological polar surface area (TPSA) is 3.88 Å². The maximum atomic E-state index is 2.30. The van der Waals surface area contributed by atoms with Gasteiger partial charge >= 0.3 is 0 Å². The van der Waals surface area contributed by atoms with Crippen molar-refractivity contribution in [2.45, 2.75) is 0 Å². The van der Waals surface area contributed by atoms with E-state index in [1.165, 1.54) is 43.6 Å². The summed E-state index contributed by atoms with van der Waals surface area (Å²) in [6.07, 6.45) is 2.15. The van der Waals surface area contributed by atoms with Gasteiger partial charge in [0.25, 0.3) is 0 Å². The second kappa shape index (κ2) is 5.42. The van der Waals surface area contributed by atoms with Crippen LogP contribution in [-0.2, 0) is 7.05 Å². The molecule has 0 amide bonds. The largest absolute Gasteiger partial charge is 0.220 e. The molecule has 1 heteroatoms. The van der Waals surface area contributed by atoms with Crippen molar-refractivity contribution in [3.63, 3.8) is 0 Å². The fourth-order valence-corrected chi connectivity index (χ4v) is 3.82. The number of fused-ring (bicyclic) bond motifs is 4. The summed E-state index contributed by atoms with van der Waals surface area (Å²) in [6, 6.07) is 30.6. The molecule has 0 aliphatic heterocycles. The van der Waals surface area contributed by atoms with E-state index in [0.717, 1.165) is 0 Å². The van der Waals surface area contributed by atoms with Gasteiger partial charge in [-0.05, 0) is 39.1 Å². The second-order valence-corrected chi connectivity index (χ2v) is 6.59. The van der Waals surface area contributed by atoms with Gasteiger partial charge in [0.05, 0.1) is 5.39 Å². The predicted octanol–water partition coefficient (Wildman–Crippen LogP) is 5.64. The Labute approximate surface area is 146 Å². The minimum Gasteiger partial charge on any atom is -0.200 e. The van der Waals surface area contributed by atoms with Crippen LogP contribution in [0.1, 0.15) is 0 Å². The fraction of sp³-hybridized carbons (Fsp3) is 0.0417. The Bertz CT molecular complexity index is 1250. The van der Waals surface area contributed by atoms with Gasteiger partial charge in [-0.1, -0.05) is 66.7 Å². The van der Waals surface area contributed by atoms with Crippen LogP contribution in [0.4, 0.5) is 0 Å². The molecule has 0 bridgehead atoms. The molecule has 0 aliphatic carbocycles. The van der Waals surface area contributed by atoms with Crippen molar-refractivity contribution in [3.8, 4) is 11.3 Å². The van der Waals surface area contributed by atoms with E-state index in [0.29, 0.717) is 0 Å². The van der Waals surface area contributed by atoms with Gasteiger partial charge in [-0.2, -0.15) is 0 Å². The molecule has 1 aromatic heterocycles. The van der Waals surface area contributed by atoms with Crippen LogP contribution < -0.4 is 4.57 Å². The molecule has 1 nitrogen and oxygen atoms in total. The van der Waals surface area contributed by atoms with E-state index in [9.17, 15) is 0 Å². The molecule has 118 valence electrons. The maximum Gasteiger partial charge on any atom is 0.220 e. The summed E-state index contributed by atoms with van der Waals surface area (Å²) in [5.74, 6) is 0. The van der Waals surface area contributed by atoms with Crippen LogP contribution in [0.3, 0.4) is 0 Å². The molecule has 5 aromatic rings. The van der Waals surface area contributed by atoms with Crippen molar-refractivity contribution in [1.82, 2.24) is 0 Å². The highest BCUT2D eigenvalue weighted by Gasteiger charge is 2.17. The Hall–Kier alpha value is -3.19. The first-order valence-electron chi connectivity index (χ1n) is 8.60. The molecule has 4 aromatic carbocycles. The van der Waals surface area contributed by atoms with E-state index < -0.39 is 0 Å². The smallest absolute Gasteiger partial charge is 0.200 e. The van der Waals surface area contributed by atoms with Crippen LogP contribution >= 0.6 is 0 Å². The summed E-state index contributed by atoms with van der Waals surface area (Å²) in [6.45, 7) is 0. The quantitative estimate of drug-likeness (QED) is 0.278. The number of nitrogens with zero attached hydrogens (tertiary/aromatic N) is 1. The highest BCUT2D eigenvalue weighted by Crippen LogP contribution is 2.33. The average Bonchev–Trinajstić information content (AvgIpc) is 2.67. The van der Waals surface area contributed by atoms with Crippen molar-refractivity contribution in [2.75, 3.05) is 0 Å². The van der Waals surface area contributed by atoms with Gasteiger partial charge in [-0.15, -0.1) is 0 Å². The summed E-state index contributed by atoms with van der Waals surface area (Å²) in [5, 5.41) is 7.73. The molecule has 25 heavy (non-hydrogen) atoms. The third-order valence-corrected chi connectivity index (χ3v) is 5.05. The first-order chi connectivity index (χ1) is 12.3. The van der Waals surface area contributed by atoms with Gasteiger partial charge in [0.1, 0.15) is 7.05 Å². The van der Waals surface area contributed by atoms with Crippen LogP contribution in [0.15, 0.2) is 91.1 Å². The highest BCUT2D eigenvalue weighted by molar-refractivity contribution is 6.12. The van der Waals surface area contributed by atoms with E-state index in [1.54, 1.807) is 0 Å². The van der Waals surface area contributed by atoms with Gasteiger partial charge in [0, 0.05) is 11.6 Å². The SMILES string of the molecule is C[n+]1ccc2ccc3ccccc3c2c1-c1ccc2ccccc2c1. The Morgan fingerprint density at radius 3 is 2.16 bits per heavy atom. The summed E-state index contributed by atoms with van der Waals surface area (Å²) in [5.41, 5.74) is 2.52. The first-order valence-corrected chi connectivity index (χ1v) is 8.60. The molecule has 0 fully saturated rings. The predicted molar refractivity (Wildman–Crippen MR) is 106 cm³/mol. The molecule has 0 unspecified atom stereocenters. The zero-order chi connectivity index (χ0) is 16.8. The van der Waals surface area contributed by atoms with Crippen LogP contribution in [-0.4, -0.2) is 0 Å². The Morgan fingerprint density at radius 2 is 1.28 bits per heavy atom. The monoisotopic (exact) mass is 320 g/mol. The van der Waals surface area contributed by atoms with Gasteiger partial charge in [0.2, 0.25) is 5.69 Å². The van der Waals surface area contributed by atoms with E-state index in [2.05, 4.69) is 103 Å². The van der Waals surface area contributed by atoms with Crippen molar-refractivity contribution in [3.05, 3.63) is 91.1 Å². The average molecular weight is 320 g/mol. The Kier molecular flexibility index (Phi) is 3.07. The molecule has 0 atom stereocenters. The third-order valence-electron chi connectivity index (χ3n) is 5.05. The van der Waals surface area contributed by atoms with E-state index in [-0.39, 0.29) is 0 Å². The molecule has 5 rings (SSSR count). The van der Waals surface area contributed by atoms with Crippen molar-refractivity contribution >= 4 is 32.3 Å². The van der Waals surface area contributed by atoms with Gasteiger partial charge < -0.3 is 0 Å². The summed E-state index contributed by atoms with van der Waals surface area (Å²) in [7, 11) is 2.13. The second-order valence-electron chi connectivity index (χ2n) is 6.59. The minimum atomic E-state index is 1.25. The lowest BCUT2D eigenvalue weighted by atomic mass is 9.96. The fourth-order valence-electron chi connectivity index (χ4n) is 3.82. The number of rotatable bonds is 1. The molecule has 0 aliphatic rings. The Morgan fingerprint density at radius 1 is 0.600 bits per heavy atom. The van der Waals surface area contributed by atoms with E-state index >= 15 is 0 Å². The molecule has 1 heterocycles. The Balaban J connectivity index is 1.93. The molecular weight excluding hydrogens is 302 g/mol. The summed E-state index contributed by atoms with van der Waals surface area (Å²) >= 11 is 0. The third kappa shape index (κ3) is 2.20. The number of benzene rings is 4. The lowest BCUT2D eigenvalue weighted by Crippen LogP contribution is -2.30. The van der Waals surface area contributed by atoms with Crippen LogP contribution in [0.5, 0.6) is 0 Å². The summed E-state index contributed by atoms with van der Waals surface area (Å²) in [4.78, 5) is 0. The number of aryl methyl sites for hydroxylation is 1. The molecule has 0 spiro atoms. The number of hydrogen-bond acceptors (Lipinski definition) is 0. The van der Waals surface area contributed by atoms with E-state index in [1.807, 2.05) is 0 Å². The molecule has 0 radical (unpaired) electrons. The van der Waals surface area contributed by atoms with Crippen molar-refractivity contribution < 1.29 is 4.57 Å². The standard InChI is InChI=1S/C24H18N/c1-25-15-14-19-12-11-18-7-4-5-9-22(18)23(19)24(25)21-13-10-17-6-2-3-8-20(17)16-21/h2-16H,1H3/q+1. The van der Waals surface area contributed by atoms with E-state index in [4.69, 9.17) is 0 Å². The van der Waals surface area contributed by atoms with Crippen LogP contribution in [0.25, 0.3) is 43.6 Å². The number of aromatic nitrogens is 1. The molecular formula is C24H18N+. The highest BCUT2D eigenvalue weighted by atomic mass is 14.9. The molecule has 0 saturated heterocycles. The number of hydrogen-bond donors (Lipinski definition) is 0. The van der Waals surface area contributed by atoms with Gasteiger partial charge in [-0.3, -0.25) is 0 Å². The molecule has 0 N–H and O–H groups in total. The van der Waals surface area contributed by atoms with Gasteiger partial charge in [0.15, 0.2) is 6.20 Å². The van der Waals surface area contributed by atoms with Crippen LogP contribution in [0.2, 0.25) is 0 Å². The zero-order valence-electron chi connectivity index (χ0n) is 14.1. The molecule has 0 saturated carbocycles. The maximum absolute atomic E-state index is 2.30.